The molecule has 1 aliphatic rings. The van der Waals surface area contributed by atoms with Gasteiger partial charge in [-0.15, -0.1) is 0 Å². The van der Waals surface area contributed by atoms with Crippen molar-refractivity contribution in [2.45, 2.75) is 29.0 Å². The number of hydrogen-bond donors (Lipinski definition) is 2. The molecule has 0 aromatic heterocycles. The van der Waals surface area contributed by atoms with Crippen molar-refractivity contribution in [1.29, 1.82) is 0 Å². The second kappa shape index (κ2) is 8.60. The zero-order chi connectivity index (χ0) is 20.3. The predicted molar refractivity (Wildman–Crippen MR) is 110 cm³/mol. The van der Waals surface area contributed by atoms with E-state index in [0.717, 1.165) is 17.7 Å². The average Bonchev–Trinajstić information content (AvgIpc) is 2.95. The van der Waals surface area contributed by atoms with E-state index >= 15 is 0 Å². The third-order valence-corrected chi connectivity index (χ3v) is 5.85. The van der Waals surface area contributed by atoms with Gasteiger partial charge in [0.1, 0.15) is 24.0 Å². The summed E-state index contributed by atoms with van der Waals surface area (Å²) in [6, 6.07) is 11.0. The molecule has 150 valence electrons. The van der Waals surface area contributed by atoms with Crippen molar-refractivity contribution in [2.24, 2.45) is 0 Å². The van der Waals surface area contributed by atoms with Crippen LogP contribution in [0.2, 0.25) is 0 Å². The highest BCUT2D eigenvalue weighted by Gasteiger charge is 2.47. The van der Waals surface area contributed by atoms with Gasteiger partial charge in [-0.05, 0) is 12.5 Å². The maximum Gasteiger partial charge on any atom is 0.407 e. The summed E-state index contributed by atoms with van der Waals surface area (Å²) < 4.78 is 38.8. The summed E-state index contributed by atoms with van der Waals surface area (Å²) in [5.41, 5.74) is 0.769. The van der Waals surface area contributed by atoms with Gasteiger partial charge in [0.15, 0.2) is 0 Å². The van der Waals surface area contributed by atoms with Crippen LogP contribution in [0.15, 0.2) is 42.5 Å². The highest BCUT2D eigenvalue weighted by molar-refractivity contribution is 14.1. The van der Waals surface area contributed by atoms with Crippen molar-refractivity contribution in [3.63, 3.8) is 0 Å². The molecule has 8 heteroatoms. The smallest absolute Gasteiger partial charge is 0.407 e. The number of amides is 1. The van der Waals surface area contributed by atoms with Gasteiger partial charge in [-0.2, -0.15) is 0 Å². The zero-order valence-electron chi connectivity index (χ0n) is 15.5. The second-order valence-electron chi connectivity index (χ2n) is 6.75. The molecule has 2 aromatic carbocycles. The van der Waals surface area contributed by atoms with E-state index < -0.39 is 33.2 Å². The number of nitrogens with one attached hydrogen (secondary N) is 2. The Balaban J connectivity index is 1.77. The Kier molecular flexibility index (Phi) is 6.39. The van der Waals surface area contributed by atoms with Crippen LogP contribution in [-0.4, -0.2) is 29.3 Å². The molecule has 1 saturated heterocycles. The van der Waals surface area contributed by atoms with Gasteiger partial charge in [0.2, 0.25) is 0 Å². The monoisotopic (exact) mass is 502 g/mol. The topological polar surface area (TPSA) is 59.6 Å². The number of hydrogen-bond acceptors (Lipinski definition) is 4. The molecule has 2 aromatic rings. The van der Waals surface area contributed by atoms with E-state index in [1.807, 2.05) is 37.3 Å². The summed E-state index contributed by atoms with van der Waals surface area (Å²) in [4.78, 5) is 12.3. The van der Waals surface area contributed by atoms with Crippen LogP contribution in [-0.2, 0) is 11.3 Å². The van der Waals surface area contributed by atoms with Crippen molar-refractivity contribution in [2.75, 3.05) is 13.7 Å². The summed E-state index contributed by atoms with van der Waals surface area (Å²) in [6.07, 6.45) is -0.639. The van der Waals surface area contributed by atoms with Gasteiger partial charge in [0, 0.05) is 30.2 Å². The van der Waals surface area contributed by atoms with Gasteiger partial charge in [0.25, 0.3) is 0 Å². The lowest BCUT2D eigenvalue weighted by atomic mass is 9.90. The molecule has 1 fully saturated rings. The number of carbonyl (C=O) groups is 1. The molecule has 1 unspecified atom stereocenters. The van der Waals surface area contributed by atoms with Crippen molar-refractivity contribution in [3.8, 4) is 5.75 Å². The molecule has 5 nitrogen and oxygen atoms in total. The van der Waals surface area contributed by atoms with Crippen molar-refractivity contribution >= 4 is 28.7 Å². The SMILES string of the molecule is COc1cc(F)c([C@@H]2CNC(C)(I)[C@H]2NC(=O)OCc2ccccc2)c(F)c1. The van der Waals surface area contributed by atoms with Gasteiger partial charge in [0.05, 0.1) is 16.7 Å². The van der Waals surface area contributed by atoms with Crippen LogP contribution in [0, 0.1) is 11.6 Å². The Labute approximate surface area is 175 Å². The molecule has 0 radical (unpaired) electrons. The molecule has 0 spiro atoms. The van der Waals surface area contributed by atoms with Crippen molar-refractivity contribution < 1.29 is 23.0 Å². The number of benzene rings is 2. The molecule has 0 aliphatic carbocycles. The molecule has 0 saturated carbocycles. The molecular formula is C20H21F2IN2O3. The number of alkyl carbamates (subject to hydrolysis) is 1. The Morgan fingerprint density at radius 3 is 2.54 bits per heavy atom. The van der Waals surface area contributed by atoms with Crippen LogP contribution in [0.4, 0.5) is 13.6 Å². The van der Waals surface area contributed by atoms with E-state index in [1.54, 1.807) is 0 Å². The molecule has 3 atom stereocenters. The summed E-state index contributed by atoms with van der Waals surface area (Å²) in [5, 5.41) is 5.98. The van der Waals surface area contributed by atoms with Crippen LogP contribution in [0.25, 0.3) is 0 Å². The molecule has 1 amide bonds. The van der Waals surface area contributed by atoms with Gasteiger partial charge >= 0.3 is 6.09 Å². The van der Waals surface area contributed by atoms with Crippen LogP contribution < -0.4 is 15.4 Å². The van der Waals surface area contributed by atoms with Crippen molar-refractivity contribution in [3.05, 3.63) is 65.2 Å². The van der Waals surface area contributed by atoms with E-state index in [2.05, 4.69) is 33.2 Å². The van der Waals surface area contributed by atoms with E-state index in [0.29, 0.717) is 6.54 Å². The number of methoxy groups -OCH3 is 1. The number of alkyl halides is 1. The third kappa shape index (κ3) is 4.54. The first-order valence-electron chi connectivity index (χ1n) is 8.76. The van der Waals surface area contributed by atoms with Crippen LogP contribution in [0.1, 0.15) is 24.0 Å². The fourth-order valence-corrected chi connectivity index (χ4v) is 4.15. The summed E-state index contributed by atoms with van der Waals surface area (Å²) >= 11 is 2.13. The Morgan fingerprint density at radius 1 is 1.29 bits per heavy atom. The van der Waals surface area contributed by atoms with Crippen molar-refractivity contribution in [1.82, 2.24) is 10.6 Å². The fraction of sp³-hybridized carbons (Fsp3) is 0.350. The maximum absolute atomic E-state index is 14.6. The number of ether oxygens (including phenoxy) is 2. The van der Waals surface area contributed by atoms with Crippen LogP contribution in [0.5, 0.6) is 5.75 Å². The molecule has 2 N–H and O–H groups in total. The molecule has 3 rings (SSSR count). The molecule has 1 aliphatic heterocycles. The van der Waals surface area contributed by atoms with Crippen LogP contribution >= 0.6 is 22.6 Å². The first kappa shape index (κ1) is 20.8. The summed E-state index contributed by atoms with van der Waals surface area (Å²) in [6.45, 7) is 2.28. The first-order valence-corrected chi connectivity index (χ1v) is 9.84. The largest absolute Gasteiger partial charge is 0.497 e. The summed E-state index contributed by atoms with van der Waals surface area (Å²) in [7, 11) is 1.35. The van der Waals surface area contributed by atoms with Gasteiger partial charge in [-0.1, -0.05) is 52.9 Å². The molecule has 0 bridgehead atoms. The van der Waals surface area contributed by atoms with E-state index in [9.17, 15) is 13.6 Å². The normalized spacial score (nSPS) is 24.0. The lowest BCUT2D eigenvalue weighted by Crippen LogP contribution is -2.50. The number of rotatable bonds is 5. The fourth-order valence-electron chi connectivity index (χ4n) is 3.34. The van der Waals surface area contributed by atoms with E-state index in [4.69, 9.17) is 9.47 Å². The molecular weight excluding hydrogens is 481 g/mol. The predicted octanol–water partition coefficient (Wildman–Crippen LogP) is 4.11. The average molecular weight is 502 g/mol. The van der Waals surface area contributed by atoms with Crippen LogP contribution in [0.3, 0.4) is 0 Å². The Morgan fingerprint density at radius 2 is 1.93 bits per heavy atom. The highest BCUT2D eigenvalue weighted by Crippen LogP contribution is 2.39. The number of carbonyl (C=O) groups excluding carboxylic acids is 1. The van der Waals surface area contributed by atoms with E-state index in [1.165, 1.54) is 7.11 Å². The maximum atomic E-state index is 14.6. The third-order valence-electron chi connectivity index (χ3n) is 4.80. The standard InChI is InChI=1S/C20H21F2IN2O3/c1-20(23)18(25-19(26)28-11-12-6-4-3-5-7-12)14(10-24-20)17-15(21)8-13(27-2)9-16(17)22/h3-9,14,18,24H,10-11H2,1-2H3,(H,25,26)/t14-,18-,20?/m0/s1. The first-order chi connectivity index (χ1) is 13.3. The Hall–Kier alpha value is -1.94. The Bertz CT molecular complexity index is 826. The summed E-state index contributed by atoms with van der Waals surface area (Å²) in [5.74, 6) is -1.91. The highest BCUT2D eigenvalue weighted by atomic mass is 127. The minimum Gasteiger partial charge on any atom is -0.497 e. The lowest BCUT2D eigenvalue weighted by Gasteiger charge is -2.29. The number of halogens is 3. The molecule has 1 heterocycles. The lowest BCUT2D eigenvalue weighted by molar-refractivity contribution is 0.133. The van der Waals surface area contributed by atoms with Gasteiger partial charge in [-0.25, -0.2) is 13.6 Å². The van der Waals surface area contributed by atoms with Gasteiger partial charge in [-0.3, -0.25) is 0 Å². The minimum atomic E-state index is -0.706. The quantitative estimate of drug-likeness (QED) is 0.367. The zero-order valence-corrected chi connectivity index (χ0v) is 17.6. The van der Waals surface area contributed by atoms with E-state index in [-0.39, 0.29) is 17.9 Å². The second-order valence-corrected chi connectivity index (χ2v) is 8.99. The molecule has 28 heavy (non-hydrogen) atoms. The van der Waals surface area contributed by atoms with Gasteiger partial charge < -0.3 is 20.1 Å². The minimum absolute atomic E-state index is 0.0814.